The van der Waals surface area contributed by atoms with E-state index in [0.717, 1.165) is 31.0 Å². The summed E-state index contributed by atoms with van der Waals surface area (Å²) in [4.78, 5) is 7.55. The predicted octanol–water partition coefficient (Wildman–Crippen LogP) is 2.36. The first kappa shape index (κ1) is 15.1. The van der Waals surface area contributed by atoms with Crippen LogP contribution >= 0.6 is 0 Å². The Balaban J connectivity index is 1.45. The second kappa shape index (κ2) is 7.48. The smallest absolute Gasteiger partial charge is 0.191 e. The van der Waals surface area contributed by atoms with Crippen LogP contribution in [0.4, 0.5) is 0 Å². The molecule has 0 bridgehead atoms. The van der Waals surface area contributed by atoms with Gasteiger partial charge >= 0.3 is 0 Å². The van der Waals surface area contributed by atoms with Gasteiger partial charge in [0.2, 0.25) is 0 Å². The van der Waals surface area contributed by atoms with Crippen molar-refractivity contribution in [3.8, 4) is 0 Å². The van der Waals surface area contributed by atoms with Crippen molar-refractivity contribution in [3.05, 3.63) is 0 Å². The third-order valence-electron chi connectivity index (χ3n) is 5.18. The summed E-state index contributed by atoms with van der Waals surface area (Å²) in [5, 5.41) is 7.08. The normalized spacial score (nSPS) is 28.8. The maximum Gasteiger partial charge on any atom is 0.191 e. The highest BCUT2D eigenvalue weighted by Crippen LogP contribution is 2.31. The molecule has 0 amide bonds. The van der Waals surface area contributed by atoms with Crippen molar-refractivity contribution in [2.75, 3.05) is 26.2 Å². The van der Waals surface area contributed by atoms with E-state index in [1.54, 1.807) is 0 Å². The Labute approximate surface area is 129 Å². The van der Waals surface area contributed by atoms with Gasteiger partial charge in [-0.05, 0) is 51.5 Å². The second-order valence-electron chi connectivity index (χ2n) is 7.08. The van der Waals surface area contributed by atoms with Crippen LogP contribution in [0, 0.1) is 5.92 Å². The van der Waals surface area contributed by atoms with Gasteiger partial charge in [0, 0.05) is 31.7 Å². The van der Waals surface area contributed by atoms with E-state index < -0.39 is 0 Å². The van der Waals surface area contributed by atoms with Crippen LogP contribution in [0.15, 0.2) is 4.99 Å². The third kappa shape index (κ3) is 4.60. The van der Waals surface area contributed by atoms with Crippen molar-refractivity contribution in [1.82, 2.24) is 15.5 Å². The van der Waals surface area contributed by atoms with Crippen LogP contribution < -0.4 is 10.6 Å². The Bertz CT molecular complexity index is 345. The van der Waals surface area contributed by atoms with E-state index in [9.17, 15) is 0 Å². The molecule has 0 aromatic rings. The number of likely N-dealkylation sites (tertiary alicyclic amines) is 1. The molecule has 1 saturated heterocycles. The standard InChI is InChI=1S/C17H32N4/c1-2-18-17(20-15-6-4-3-5-7-15)19-12-14-10-11-21(13-14)16-8-9-16/h14-16H,2-13H2,1H3,(H2,18,19,20). The van der Waals surface area contributed by atoms with Crippen molar-refractivity contribution in [2.24, 2.45) is 10.9 Å². The third-order valence-corrected chi connectivity index (χ3v) is 5.18. The lowest BCUT2D eigenvalue weighted by atomic mass is 9.96. The van der Waals surface area contributed by atoms with E-state index in [0.29, 0.717) is 6.04 Å². The van der Waals surface area contributed by atoms with Gasteiger partial charge in [-0.3, -0.25) is 4.99 Å². The first-order valence-corrected chi connectivity index (χ1v) is 9.14. The fraction of sp³-hybridized carbons (Fsp3) is 0.941. The van der Waals surface area contributed by atoms with E-state index in [1.165, 1.54) is 64.5 Å². The molecule has 0 radical (unpaired) electrons. The van der Waals surface area contributed by atoms with Gasteiger partial charge in [0.15, 0.2) is 5.96 Å². The molecule has 0 aromatic carbocycles. The highest BCUT2D eigenvalue weighted by atomic mass is 15.2. The van der Waals surface area contributed by atoms with Crippen molar-refractivity contribution in [3.63, 3.8) is 0 Å². The van der Waals surface area contributed by atoms with E-state index in [-0.39, 0.29) is 0 Å². The SMILES string of the molecule is CCNC(=NCC1CCN(C2CC2)C1)NC1CCCCC1. The number of rotatable bonds is 5. The summed E-state index contributed by atoms with van der Waals surface area (Å²) in [5.41, 5.74) is 0. The summed E-state index contributed by atoms with van der Waals surface area (Å²) < 4.78 is 0. The summed E-state index contributed by atoms with van der Waals surface area (Å²) in [6.45, 7) is 6.68. The molecule has 3 rings (SSSR count). The van der Waals surface area contributed by atoms with E-state index >= 15 is 0 Å². The molecule has 1 unspecified atom stereocenters. The van der Waals surface area contributed by atoms with Crippen LogP contribution in [0.2, 0.25) is 0 Å². The monoisotopic (exact) mass is 292 g/mol. The summed E-state index contributed by atoms with van der Waals surface area (Å²) in [7, 11) is 0. The minimum Gasteiger partial charge on any atom is -0.357 e. The molecule has 21 heavy (non-hydrogen) atoms. The average Bonchev–Trinajstić information content (AvgIpc) is 3.25. The lowest BCUT2D eigenvalue weighted by molar-refractivity contribution is 0.315. The van der Waals surface area contributed by atoms with Crippen LogP contribution in [0.25, 0.3) is 0 Å². The van der Waals surface area contributed by atoms with Gasteiger partial charge in [0.1, 0.15) is 0 Å². The van der Waals surface area contributed by atoms with Gasteiger partial charge in [-0.25, -0.2) is 0 Å². The van der Waals surface area contributed by atoms with Crippen LogP contribution in [0.3, 0.4) is 0 Å². The predicted molar refractivity (Wildman–Crippen MR) is 88.7 cm³/mol. The number of hydrogen-bond donors (Lipinski definition) is 2. The van der Waals surface area contributed by atoms with Crippen molar-refractivity contribution in [2.45, 2.75) is 70.4 Å². The second-order valence-corrected chi connectivity index (χ2v) is 7.08. The topological polar surface area (TPSA) is 39.7 Å². The summed E-state index contributed by atoms with van der Waals surface area (Å²) >= 11 is 0. The fourth-order valence-electron chi connectivity index (χ4n) is 3.76. The Kier molecular flexibility index (Phi) is 5.39. The molecule has 1 atom stereocenters. The van der Waals surface area contributed by atoms with E-state index in [2.05, 4.69) is 22.5 Å². The Morgan fingerprint density at radius 2 is 1.90 bits per heavy atom. The number of aliphatic imine (C=N–C) groups is 1. The van der Waals surface area contributed by atoms with Crippen LogP contribution in [-0.2, 0) is 0 Å². The van der Waals surface area contributed by atoms with Gasteiger partial charge in [-0.1, -0.05) is 19.3 Å². The maximum absolute atomic E-state index is 4.87. The first-order valence-electron chi connectivity index (χ1n) is 9.14. The summed E-state index contributed by atoms with van der Waals surface area (Å²) in [5.74, 6) is 1.82. The van der Waals surface area contributed by atoms with Crippen LogP contribution in [-0.4, -0.2) is 49.1 Å². The van der Waals surface area contributed by atoms with Gasteiger partial charge in [-0.2, -0.15) is 0 Å². The summed E-state index contributed by atoms with van der Waals surface area (Å²) in [6, 6.07) is 1.57. The zero-order valence-electron chi connectivity index (χ0n) is 13.6. The average molecular weight is 292 g/mol. The molecule has 4 nitrogen and oxygen atoms in total. The fourth-order valence-corrected chi connectivity index (χ4v) is 3.76. The molecule has 1 aliphatic heterocycles. The number of nitrogens with zero attached hydrogens (tertiary/aromatic N) is 2. The maximum atomic E-state index is 4.87. The van der Waals surface area contributed by atoms with E-state index in [4.69, 9.17) is 4.99 Å². The molecule has 2 N–H and O–H groups in total. The molecule has 120 valence electrons. The summed E-state index contributed by atoms with van der Waals surface area (Å²) in [6.07, 6.45) is 11.0. The largest absolute Gasteiger partial charge is 0.357 e. The van der Waals surface area contributed by atoms with Gasteiger partial charge in [0.05, 0.1) is 0 Å². The van der Waals surface area contributed by atoms with Gasteiger partial charge in [0.25, 0.3) is 0 Å². The first-order chi connectivity index (χ1) is 10.3. The minimum absolute atomic E-state index is 0.642. The number of nitrogens with one attached hydrogen (secondary N) is 2. The molecule has 0 aromatic heterocycles. The molecular weight excluding hydrogens is 260 g/mol. The molecule has 3 fully saturated rings. The zero-order valence-corrected chi connectivity index (χ0v) is 13.6. The van der Waals surface area contributed by atoms with E-state index in [1.807, 2.05) is 0 Å². The zero-order chi connectivity index (χ0) is 14.5. The van der Waals surface area contributed by atoms with Crippen molar-refractivity contribution in [1.29, 1.82) is 0 Å². The van der Waals surface area contributed by atoms with Crippen molar-refractivity contribution >= 4 is 5.96 Å². The lowest BCUT2D eigenvalue weighted by Gasteiger charge is -2.25. The highest BCUT2D eigenvalue weighted by Gasteiger charge is 2.34. The molecule has 1 heterocycles. The molecule has 2 saturated carbocycles. The molecule has 2 aliphatic carbocycles. The highest BCUT2D eigenvalue weighted by molar-refractivity contribution is 5.80. The molecular formula is C17H32N4. The Morgan fingerprint density at radius 3 is 2.62 bits per heavy atom. The number of guanidine groups is 1. The van der Waals surface area contributed by atoms with Crippen molar-refractivity contribution < 1.29 is 0 Å². The quantitative estimate of drug-likeness (QED) is 0.603. The van der Waals surface area contributed by atoms with Crippen LogP contribution in [0.5, 0.6) is 0 Å². The molecule has 3 aliphatic rings. The van der Waals surface area contributed by atoms with Gasteiger partial charge < -0.3 is 15.5 Å². The number of hydrogen-bond acceptors (Lipinski definition) is 2. The molecule has 0 spiro atoms. The minimum atomic E-state index is 0.642. The Hall–Kier alpha value is -0.770. The Morgan fingerprint density at radius 1 is 1.10 bits per heavy atom. The van der Waals surface area contributed by atoms with Crippen LogP contribution in [0.1, 0.15) is 58.3 Å². The van der Waals surface area contributed by atoms with Gasteiger partial charge in [-0.15, -0.1) is 0 Å². The lowest BCUT2D eigenvalue weighted by Crippen LogP contribution is -2.44. The molecule has 4 heteroatoms.